The zero-order valence-corrected chi connectivity index (χ0v) is 38.3. The number of nitrogens with zero attached hydrogens (tertiary/aromatic N) is 5. The van der Waals surface area contributed by atoms with E-state index in [0.717, 1.165) is 116 Å². The molecule has 0 unspecified atom stereocenters. The van der Waals surface area contributed by atoms with Crippen LogP contribution in [0.2, 0.25) is 0 Å². The summed E-state index contributed by atoms with van der Waals surface area (Å²) in [6.07, 6.45) is 7.90. The Kier molecular flexibility index (Phi) is 9.77. The highest BCUT2D eigenvalue weighted by Gasteiger charge is 2.25. The summed E-state index contributed by atoms with van der Waals surface area (Å²) in [5.74, 6) is 1.77. The lowest BCUT2D eigenvalue weighted by molar-refractivity contribution is 0.673. The zero-order chi connectivity index (χ0) is 46.7. The average molecular weight is 898 g/mol. The first-order valence-electron chi connectivity index (χ1n) is 23.6. The number of fused-ring (bicyclic) bond motifs is 11. The summed E-state index contributed by atoms with van der Waals surface area (Å²) in [4.78, 5) is 15.7. The molecule has 9 aromatic carbocycles. The van der Waals surface area contributed by atoms with Crippen molar-refractivity contribution in [3.8, 4) is 56.7 Å². The zero-order valence-electron chi connectivity index (χ0n) is 38.3. The van der Waals surface area contributed by atoms with Gasteiger partial charge in [0.1, 0.15) is 0 Å². The third-order valence-corrected chi connectivity index (χ3v) is 13.5. The molecule has 0 atom stereocenters. The lowest BCUT2D eigenvalue weighted by atomic mass is 10.0. The summed E-state index contributed by atoms with van der Waals surface area (Å²) in [6.45, 7) is 5.98. The summed E-state index contributed by atoms with van der Waals surface area (Å²) in [5, 5.41) is 6.59. The first kappa shape index (κ1) is 40.8. The van der Waals surface area contributed by atoms with Crippen molar-refractivity contribution in [2.45, 2.75) is 6.92 Å². The van der Waals surface area contributed by atoms with Gasteiger partial charge in [-0.05, 0) is 83.8 Å². The van der Waals surface area contributed by atoms with Gasteiger partial charge in [-0.15, -0.1) is 0 Å². The van der Waals surface area contributed by atoms with Gasteiger partial charge in [0.2, 0.25) is 0 Å². The monoisotopic (exact) mass is 897 g/mol. The van der Waals surface area contributed by atoms with Gasteiger partial charge in [0.25, 0.3) is 0 Å². The Bertz CT molecular complexity index is 4270. The second-order valence-electron chi connectivity index (χ2n) is 17.6. The normalized spacial score (nSPS) is 12.2. The van der Waals surface area contributed by atoms with Crippen molar-refractivity contribution in [2.75, 3.05) is 0 Å². The molecule has 0 amide bonds. The van der Waals surface area contributed by atoms with Crippen molar-refractivity contribution >= 4 is 71.1 Å². The number of furan rings is 1. The van der Waals surface area contributed by atoms with Crippen LogP contribution in [0.15, 0.2) is 242 Å². The number of aromatic nitrogens is 5. The molecular formula is C64H43N5O. The van der Waals surface area contributed by atoms with Crippen LogP contribution in [0.3, 0.4) is 0 Å². The fraction of sp³-hybridized carbons (Fsp3) is 0.0156. The summed E-state index contributed by atoms with van der Waals surface area (Å²) < 4.78 is 12.2. The summed E-state index contributed by atoms with van der Waals surface area (Å²) in [6, 6.07) is 72.4. The first-order chi connectivity index (χ1) is 34.6. The topological polar surface area (TPSA) is 61.7 Å². The standard InChI is InChI=1S/C64H43N5O/c1-3-4-7-20-41(2)44-25-19-28-47(40-44)68-55-32-15-12-29-48(55)50-35-37-52-53-38-36-51-49-30-13-16-33-56(49)69(59(51)61(53)70-60(52)58(50)68)57-34-17-14-31-54(57)64-66-62(43-23-10-6-11-24-43)65-63(67-64)46-27-18-26-45(39-46)42-21-8-5-9-22-42/h3-40H,1H2,2H3/b7-4-,41-20+. The molecule has 0 aliphatic heterocycles. The Labute approximate surface area is 404 Å². The van der Waals surface area contributed by atoms with E-state index in [9.17, 15) is 0 Å². The molecule has 4 aromatic heterocycles. The van der Waals surface area contributed by atoms with Gasteiger partial charge in [-0.2, -0.15) is 0 Å². The van der Waals surface area contributed by atoms with Crippen LogP contribution in [0.4, 0.5) is 0 Å². The van der Waals surface area contributed by atoms with Crippen LogP contribution in [0, 0.1) is 0 Å². The van der Waals surface area contributed by atoms with Crippen molar-refractivity contribution in [1.29, 1.82) is 0 Å². The third kappa shape index (κ3) is 6.68. The Hall–Kier alpha value is -9.39. The van der Waals surface area contributed by atoms with Crippen molar-refractivity contribution in [3.05, 3.63) is 243 Å². The summed E-state index contributed by atoms with van der Waals surface area (Å²) in [5.41, 5.74) is 15.0. The predicted octanol–water partition coefficient (Wildman–Crippen LogP) is 16.8. The molecule has 4 heterocycles. The molecule has 0 bridgehead atoms. The number of rotatable bonds is 9. The third-order valence-electron chi connectivity index (χ3n) is 13.5. The lowest BCUT2D eigenvalue weighted by Crippen LogP contribution is -2.03. The minimum Gasteiger partial charge on any atom is -0.452 e. The van der Waals surface area contributed by atoms with E-state index in [-0.39, 0.29) is 0 Å². The van der Waals surface area contributed by atoms with Crippen molar-refractivity contribution in [3.63, 3.8) is 0 Å². The van der Waals surface area contributed by atoms with E-state index in [1.54, 1.807) is 6.08 Å². The number of hydrogen-bond acceptors (Lipinski definition) is 4. The smallest absolute Gasteiger partial charge is 0.166 e. The van der Waals surface area contributed by atoms with Gasteiger partial charge < -0.3 is 13.6 Å². The quantitative estimate of drug-likeness (QED) is 0.135. The summed E-state index contributed by atoms with van der Waals surface area (Å²) in [7, 11) is 0. The maximum absolute atomic E-state index is 7.44. The lowest BCUT2D eigenvalue weighted by Gasteiger charge is -2.15. The molecule has 0 N–H and O–H groups in total. The van der Waals surface area contributed by atoms with Crippen LogP contribution < -0.4 is 0 Å². The van der Waals surface area contributed by atoms with E-state index >= 15 is 0 Å². The number of para-hydroxylation sites is 3. The van der Waals surface area contributed by atoms with Gasteiger partial charge in [0.05, 0.1) is 27.8 Å². The minimum absolute atomic E-state index is 0.572. The number of hydrogen-bond donors (Lipinski definition) is 0. The summed E-state index contributed by atoms with van der Waals surface area (Å²) >= 11 is 0. The highest BCUT2D eigenvalue weighted by atomic mass is 16.3. The van der Waals surface area contributed by atoms with E-state index in [0.29, 0.717) is 17.5 Å². The molecule has 70 heavy (non-hydrogen) atoms. The van der Waals surface area contributed by atoms with Crippen molar-refractivity contribution < 1.29 is 4.42 Å². The first-order valence-corrected chi connectivity index (χ1v) is 23.6. The Balaban J connectivity index is 1.06. The maximum Gasteiger partial charge on any atom is 0.166 e. The van der Waals surface area contributed by atoms with Crippen LogP contribution >= 0.6 is 0 Å². The molecule has 13 rings (SSSR count). The van der Waals surface area contributed by atoms with Crippen molar-refractivity contribution in [1.82, 2.24) is 24.1 Å². The molecule has 0 radical (unpaired) electrons. The second kappa shape index (κ2) is 16.7. The van der Waals surface area contributed by atoms with E-state index in [1.165, 1.54) is 0 Å². The Morgan fingerprint density at radius 1 is 0.443 bits per heavy atom. The molecule has 0 aliphatic carbocycles. The van der Waals surface area contributed by atoms with E-state index in [4.69, 9.17) is 19.4 Å². The Morgan fingerprint density at radius 3 is 1.70 bits per heavy atom. The van der Waals surface area contributed by atoms with Crippen LogP contribution in [-0.2, 0) is 0 Å². The molecule has 0 spiro atoms. The second-order valence-corrected chi connectivity index (χ2v) is 17.6. The van der Waals surface area contributed by atoms with Gasteiger partial charge in [0.15, 0.2) is 28.6 Å². The van der Waals surface area contributed by atoms with Gasteiger partial charge in [-0.25, -0.2) is 15.0 Å². The Morgan fingerprint density at radius 2 is 0.986 bits per heavy atom. The average Bonchev–Trinajstić information content (AvgIpc) is 4.09. The van der Waals surface area contributed by atoms with Gasteiger partial charge >= 0.3 is 0 Å². The van der Waals surface area contributed by atoms with Gasteiger partial charge in [0, 0.05) is 54.7 Å². The highest BCUT2D eigenvalue weighted by molar-refractivity contribution is 6.26. The fourth-order valence-electron chi connectivity index (χ4n) is 10.2. The number of benzene rings is 9. The maximum atomic E-state index is 7.44. The fourth-order valence-corrected chi connectivity index (χ4v) is 10.2. The largest absolute Gasteiger partial charge is 0.452 e. The van der Waals surface area contributed by atoms with Crippen LogP contribution in [-0.4, -0.2) is 24.1 Å². The predicted molar refractivity (Wildman–Crippen MR) is 291 cm³/mol. The van der Waals surface area contributed by atoms with E-state index in [1.807, 2.05) is 36.4 Å². The van der Waals surface area contributed by atoms with Crippen LogP contribution in [0.25, 0.3) is 128 Å². The molecular weight excluding hydrogens is 855 g/mol. The van der Waals surface area contributed by atoms with Crippen molar-refractivity contribution in [2.24, 2.45) is 0 Å². The van der Waals surface area contributed by atoms with Gasteiger partial charge in [-0.3, -0.25) is 0 Å². The molecule has 13 aromatic rings. The van der Waals surface area contributed by atoms with Gasteiger partial charge in [-0.1, -0.05) is 183 Å². The molecule has 330 valence electrons. The van der Waals surface area contributed by atoms with Crippen LogP contribution in [0.5, 0.6) is 0 Å². The molecule has 6 heteroatoms. The minimum atomic E-state index is 0.572. The van der Waals surface area contributed by atoms with Crippen LogP contribution in [0.1, 0.15) is 12.5 Å². The molecule has 6 nitrogen and oxygen atoms in total. The van der Waals surface area contributed by atoms with E-state index in [2.05, 4.69) is 211 Å². The van der Waals surface area contributed by atoms with E-state index < -0.39 is 0 Å². The molecule has 0 saturated heterocycles. The highest BCUT2D eigenvalue weighted by Crippen LogP contribution is 2.45. The molecule has 0 saturated carbocycles. The molecule has 0 fully saturated rings. The SMILES string of the molecule is C=C/C=C\C=C(/C)c1cccc(-n2c3ccccc3c3ccc4c5ccc6c7ccccc7n(-c7ccccc7-c7nc(-c8ccccc8)nc(-c8cccc(-c9ccccc9)c8)n7)c6c5oc4c32)c1. The number of allylic oxidation sites excluding steroid dienone is 5. The molecule has 0 aliphatic rings.